The van der Waals surface area contributed by atoms with Gasteiger partial charge in [-0.2, -0.15) is 18.3 Å². The van der Waals surface area contributed by atoms with Crippen LogP contribution in [0.3, 0.4) is 0 Å². The number of halogens is 4. The third kappa shape index (κ3) is 4.43. The SMILES string of the molecule is CCCc1cc2c(=O)n(NC(=O)CCn3nc(C(F)(F)F)c(Br)c3C)c(C)nc2s1. The number of aromatic nitrogens is 4. The zero-order chi connectivity index (χ0) is 22.2. The Labute approximate surface area is 182 Å². The van der Waals surface area contributed by atoms with Gasteiger partial charge in [0.2, 0.25) is 5.91 Å². The molecule has 3 rings (SSSR count). The normalized spacial score (nSPS) is 12.0. The minimum absolute atomic E-state index is 0.0745. The summed E-state index contributed by atoms with van der Waals surface area (Å²) in [6.45, 7) is 5.04. The van der Waals surface area contributed by atoms with E-state index in [0.29, 0.717) is 16.0 Å². The highest BCUT2D eigenvalue weighted by Gasteiger charge is 2.37. The van der Waals surface area contributed by atoms with Crippen LogP contribution in [0.25, 0.3) is 10.2 Å². The molecule has 0 saturated carbocycles. The monoisotopic (exact) mass is 505 g/mol. The predicted molar refractivity (Wildman–Crippen MR) is 111 cm³/mol. The third-order valence-corrected chi connectivity index (χ3v) is 6.51. The van der Waals surface area contributed by atoms with Gasteiger partial charge >= 0.3 is 6.18 Å². The van der Waals surface area contributed by atoms with Gasteiger partial charge in [-0.1, -0.05) is 13.3 Å². The van der Waals surface area contributed by atoms with Gasteiger partial charge in [-0.15, -0.1) is 11.3 Å². The van der Waals surface area contributed by atoms with Gasteiger partial charge in [0.05, 0.1) is 22.1 Å². The molecule has 1 amide bonds. The van der Waals surface area contributed by atoms with Crippen molar-refractivity contribution in [2.24, 2.45) is 0 Å². The van der Waals surface area contributed by atoms with Crippen LogP contribution >= 0.6 is 27.3 Å². The van der Waals surface area contributed by atoms with E-state index in [4.69, 9.17) is 0 Å². The maximum Gasteiger partial charge on any atom is 0.436 e. The first-order valence-electron chi connectivity index (χ1n) is 9.15. The molecule has 0 aliphatic heterocycles. The standard InChI is InChI=1S/C18H19BrF3N5O2S/c1-4-5-11-8-12-16(30-11)23-10(3)27(17(12)29)24-13(28)6-7-26-9(2)14(19)15(25-26)18(20,21)22/h8H,4-7H2,1-3H3,(H,24,28). The molecule has 0 aliphatic carbocycles. The highest BCUT2D eigenvalue weighted by Crippen LogP contribution is 2.35. The average molecular weight is 506 g/mol. The molecule has 1 N–H and O–H groups in total. The molecule has 3 aromatic rings. The Morgan fingerprint density at radius 2 is 2.03 bits per heavy atom. The maximum atomic E-state index is 13.0. The first-order chi connectivity index (χ1) is 14.0. The van der Waals surface area contributed by atoms with E-state index in [2.05, 4.69) is 31.4 Å². The molecule has 0 spiro atoms. The number of carbonyl (C=O) groups is 1. The van der Waals surface area contributed by atoms with E-state index in [1.54, 1.807) is 13.0 Å². The molecule has 0 fully saturated rings. The molecule has 3 aromatic heterocycles. The fraction of sp³-hybridized carbons (Fsp3) is 0.444. The Kier molecular flexibility index (Phi) is 6.37. The number of hydrogen-bond donors (Lipinski definition) is 1. The molecule has 0 aromatic carbocycles. The largest absolute Gasteiger partial charge is 0.436 e. The van der Waals surface area contributed by atoms with Gasteiger partial charge < -0.3 is 0 Å². The summed E-state index contributed by atoms with van der Waals surface area (Å²) in [4.78, 5) is 31.2. The topological polar surface area (TPSA) is 81.8 Å². The van der Waals surface area contributed by atoms with Gasteiger partial charge in [0.15, 0.2) is 5.69 Å². The summed E-state index contributed by atoms with van der Waals surface area (Å²) in [6, 6.07) is 1.78. The number of nitrogens with one attached hydrogen (secondary N) is 1. The van der Waals surface area contributed by atoms with E-state index in [1.807, 2.05) is 6.92 Å². The first kappa shape index (κ1) is 22.5. The fourth-order valence-corrected chi connectivity index (χ4v) is 4.62. The number of thiophene rings is 1. The van der Waals surface area contributed by atoms with E-state index in [9.17, 15) is 22.8 Å². The van der Waals surface area contributed by atoms with Crippen LogP contribution in [-0.4, -0.2) is 25.3 Å². The van der Waals surface area contributed by atoms with Crippen molar-refractivity contribution in [1.82, 2.24) is 19.4 Å². The maximum absolute atomic E-state index is 13.0. The number of carbonyl (C=O) groups excluding carboxylic acids is 1. The van der Waals surface area contributed by atoms with E-state index in [1.165, 1.54) is 18.3 Å². The van der Waals surface area contributed by atoms with Crippen molar-refractivity contribution in [2.45, 2.75) is 52.8 Å². The zero-order valence-corrected chi connectivity index (χ0v) is 18.8. The summed E-state index contributed by atoms with van der Waals surface area (Å²) in [5.74, 6) is -0.215. The summed E-state index contributed by atoms with van der Waals surface area (Å²) in [6.07, 6.45) is -2.99. The minimum Gasteiger partial charge on any atom is -0.273 e. The average Bonchev–Trinajstić information content (AvgIpc) is 3.18. The van der Waals surface area contributed by atoms with Crippen molar-refractivity contribution in [2.75, 3.05) is 5.43 Å². The number of hydrogen-bond acceptors (Lipinski definition) is 5. The number of rotatable bonds is 6. The van der Waals surface area contributed by atoms with Crippen LogP contribution in [0, 0.1) is 13.8 Å². The van der Waals surface area contributed by atoms with Crippen LogP contribution in [0.1, 0.15) is 41.9 Å². The molecule has 0 aliphatic rings. The van der Waals surface area contributed by atoms with Gasteiger partial charge in [-0.3, -0.25) is 19.7 Å². The van der Waals surface area contributed by atoms with E-state index >= 15 is 0 Å². The molecule has 7 nitrogen and oxygen atoms in total. The lowest BCUT2D eigenvalue weighted by atomic mass is 10.2. The molecule has 0 atom stereocenters. The zero-order valence-electron chi connectivity index (χ0n) is 16.4. The number of aryl methyl sites for hydroxylation is 3. The van der Waals surface area contributed by atoms with Crippen molar-refractivity contribution >= 4 is 43.4 Å². The fourth-order valence-electron chi connectivity index (χ4n) is 2.94. The Bertz CT molecular complexity index is 1170. The predicted octanol–water partition coefficient (Wildman–Crippen LogP) is 4.17. The quantitative estimate of drug-likeness (QED) is 0.545. The lowest BCUT2D eigenvalue weighted by Crippen LogP contribution is -2.35. The molecule has 0 saturated heterocycles. The molecule has 162 valence electrons. The van der Waals surface area contributed by atoms with Crippen LogP contribution in [0.5, 0.6) is 0 Å². The van der Waals surface area contributed by atoms with Gasteiger partial charge in [-0.05, 0) is 42.3 Å². The smallest absolute Gasteiger partial charge is 0.273 e. The molecular formula is C18H19BrF3N5O2S. The summed E-state index contributed by atoms with van der Waals surface area (Å²) < 4.78 is 40.9. The van der Waals surface area contributed by atoms with Crippen LogP contribution < -0.4 is 11.0 Å². The number of nitrogens with zero attached hydrogens (tertiary/aromatic N) is 4. The first-order valence-corrected chi connectivity index (χ1v) is 10.8. The highest BCUT2D eigenvalue weighted by molar-refractivity contribution is 9.10. The second kappa shape index (κ2) is 8.50. The van der Waals surface area contributed by atoms with E-state index < -0.39 is 17.8 Å². The second-order valence-electron chi connectivity index (χ2n) is 6.74. The van der Waals surface area contributed by atoms with Crippen molar-refractivity contribution < 1.29 is 18.0 Å². The Balaban J connectivity index is 1.77. The summed E-state index contributed by atoms with van der Waals surface area (Å²) in [5, 5.41) is 3.97. The van der Waals surface area contributed by atoms with E-state index in [-0.39, 0.29) is 28.7 Å². The second-order valence-corrected chi connectivity index (χ2v) is 8.64. The molecular weight excluding hydrogens is 487 g/mol. The molecule has 30 heavy (non-hydrogen) atoms. The number of fused-ring (bicyclic) bond motifs is 1. The van der Waals surface area contributed by atoms with Gasteiger partial charge in [0.25, 0.3) is 5.56 Å². The highest BCUT2D eigenvalue weighted by atomic mass is 79.9. The lowest BCUT2D eigenvalue weighted by molar-refractivity contribution is -0.142. The van der Waals surface area contributed by atoms with Crippen LogP contribution in [0.4, 0.5) is 13.2 Å². The number of amides is 1. The van der Waals surface area contributed by atoms with Gasteiger partial charge in [-0.25, -0.2) is 9.66 Å². The summed E-state index contributed by atoms with van der Waals surface area (Å²) in [7, 11) is 0. The van der Waals surface area contributed by atoms with Crippen molar-refractivity contribution in [3.8, 4) is 0 Å². The molecule has 0 unspecified atom stereocenters. The Hall–Kier alpha value is -2.21. The molecule has 12 heteroatoms. The van der Waals surface area contributed by atoms with Crippen LogP contribution in [0.2, 0.25) is 0 Å². The van der Waals surface area contributed by atoms with Gasteiger partial charge in [0, 0.05) is 11.3 Å². The van der Waals surface area contributed by atoms with E-state index in [0.717, 1.165) is 27.1 Å². The Morgan fingerprint density at radius 1 is 1.33 bits per heavy atom. The van der Waals surface area contributed by atoms with Crippen LogP contribution in [0.15, 0.2) is 15.3 Å². The molecule has 0 radical (unpaired) electrons. The van der Waals surface area contributed by atoms with Crippen LogP contribution in [-0.2, 0) is 23.9 Å². The number of alkyl halides is 3. The van der Waals surface area contributed by atoms with Crippen molar-refractivity contribution in [3.63, 3.8) is 0 Å². The Morgan fingerprint density at radius 3 is 2.63 bits per heavy atom. The lowest BCUT2D eigenvalue weighted by Gasteiger charge is -2.11. The third-order valence-electron chi connectivity index (χ3n) is 4.47. The molecule has 0 bridgehead atoms. The minimum atomic E-state index is -4.60. The van der Waals surface area contributed by atoms with Crippen molar-refractivity contribution in [3.05, 3.63) is 43.0 Å². The van der Waals surface area contributed by atoms with Gasteiger partial charge in [0.1, 0.15) is 10.7 Å². The van der Waals surface area contributed by atoms with Crippen molar-refractivity contribution in [1.29, 1.82) is 0 Å². The summed E-state index contributed by atoms with van der Waals surface area (Å²) >= 11 is 4.34. The summed E-state index contributed by atoms with van der Waals surface area (Å²) in [5.41, 5.74) is 1.32. The molecule has 3 heterocycles.